The molecule has 23 heavy (non-hydrogen) atoms. The molecule has 0 radical (unpaired) electrons. The highest BCUT2D eigenvalue weighted by Crippen LogP contribution is 2.29. The molecule has 0 spiro atoms. The summed E-state index contributed by atoms with van der Waals surface area (Å²) in [6, 6.07) is 7.49. The molecule has 6 nitrogen and oxygen atoms in total. The third kappa shape index (κ3) is 3.76. The summed E-state index contributed by atoms with van der Waals surface area (Å²) in [5.41, 5.74) is 1.19. The maximum atomic E-state index is 12.4. The molecule has 0 bridgehead atoms. The Hall–Kier alpha value is -1.79. The van der Waals surface area contributed by atoms with Crippen LogP contribution in [0.2, 0.25) is 5.02 Å². The van der Waals surface area contributed by atoms with Crippen molar-refractivity contribution >= 4 is 23.6 Å². The number of rotatable bonds is 3. The Labute approximate surface area is 139 Å². The van der Waals surface area contributed by atoms with Gasteiger partial charge in [0, 0.05) is 24.0 Å². The summed E-state index contributed by atoms with van der Waals surface area (Å²) in [6.07, 6.45) is -0.340. The van der Waals surface area contributed by atoms with E-state index in [1.807, 2.05) is 24.3 Å². The normalized spacial score (nSPS) is 24.8. The zero-order chi connectivity index (χ0) is 16.4. The van der Waals surface area contributed by atoms with Crippen molar-refractivity contribution in [3.05, 3.63) is 34.9 Å². The van der Waals surface area contributed by atoms with Gasteiger partial charge in [-0.2, -0.15) is 0 Å². The van der Waals surface area contributed by atoms with E-state index in [4.69, 9.17) is 21.4 Å². The van der Waals surface area contributed by atoms with Gasteiger partial charge in [-0.3, -0.25) is 4.79 Å². The summed E-state index contributed by atoms with van der Waals surface area (Å²) in [4.78, 5) is 24.8. The lowest BCUT2D eigenvalue weighted by Crippen LogP contribution is -2.54. The van der Waals surface area contributed by atoms with Crippen molar-refractivity contribution in [2.75, 3.05) is 19.7 Å². The lowest BCUT2D eigenvalue weighted by Gasteiger charge is -2.42. The number of ether oxygens (including phenoxy) is 1. The van der Waals surface area contributed by atoms with E-state index in [0.29, 0.717) is 36.9 Å². The second-order valence-electron chi connectivity index (χ2n) is 6.04. The number of benzene rings is 1. The van der Waals surface area contributed by atoms with Crippen LogP contribution in [0.15, 0.2) is 24.3 Å². The fraction of sp³-hybridized carbons (Fsp3) is 0.500. The molecule has 3 rings (SSSR count). The first-order valence-corrected chi connectivity index (χ1v) is 8.06. The van der Waals surface area contributed by atoms with Crippen LogP contribution in [0.25, 0.3) is 0 Å². The van der Waals surface area contributed by atoms with E-state index in [2.05, 4.69) is 5.32 Å². The quantitative estimate of drug-likeness (QED) is 0.884. The van der Waals surface area contributed by atoms with Crippen LogP contribution < -0.4 is 5.32 Å². The van der Waals surface area contributed by atoms with Gasteiger partial charge in [0.2, 0.25) is 0 Å². The SMILES string of the molecule is O=C(O)N[C@@H]1CC[C@@H](C(=O)N2CC(c3ccc(Cl)cc3)C2)OC1. The van der Waals surface area contributed by atoms with Gasteiger partial charge in [0.25, 0.3) is 5.91 Å². The molecule has 2 saturated heterocycles. The van der Waals surface area contributed by atoms with Crippen molar-refractivity contribution in [1.29, 1.82) is 0 Å². The maximum Gasteiger partial charge on any atom is 0.404 e. The van der Waals surface area contributed by atoms with Gasteiger partial charge < -0.3 is 20.1 Å². The molecule has 2 heterocycles. The van der Waals surface area contributed by atoms with Crippen LogP contribution in [0.5, 0.6) is 0 Å². The number of amides is 2. The van der Waals surface area contributed by atoms with Gasteiger partial charge in [0.1, 0.15) is 6.10 Å². The molecular formula is C16H19ClN2O4. The minimum atomic E-state index is -1.06. The minimum Gasteiger partial charge on any atom is -0.465 e. The van der Waals surface area contributed by atoms with Gasteiger partial charge in [-0.25, -0.2) is 4.79 Å². The van der Waals surface area contributed by atoms with Crippen molar-refractivity contribution in [2.24, 2.45) is 0 Å². The van der Waals surface area contributed by atoms with E-state index in [9.17, 15) is 9.59 Å². The number of hydrogen-bond acceptors (Lipinski definition) is 3. The first kappa shape index (κ1) is 16.1. The van der Waals surface area contributed by atoms with Crippen LogP contribution in [0, 0.1) is 0 Å². The Kier molecular flexibility index (Phi) is 4.73. The van der Waals surface area contributed by atoms with Crippen molar-refractivity contribution in [3.63, 3.8) is 0 Å². The van der Waals surface area contributed by atoms with E-state index in [0.717, 1.165) is 0 Å². The van der Waals surface area contributed by atoms with Crippen molar-refractivity contribution in [2.45, 2.75) is 30.9 Å². The van der Waals surface area contributed by atoms with Gasteiger partial charge in [-0.15, -0.1) is 0 Å². The van der Waals surface area contributed by atoms with Gasteiger partial charge in [0.15, 0.2) is 0 Å². The Bertz CT molecular complexity index is 578. The van der Waals surface area contributed by atoms with Gasteiger partial charge in [-0.1, -0.05) is 23.7 Å². The molecule has 2 aliphatic heterocycles. The van der Waals surface area contributed by atoms with Gasteiger partial charge in [0.05, 0.1) is 12.6 Å². The summed E-state index contributed by atoms with van der Waals surface area (Å²) in [5.74, 6) is 0.352. The molecule has 0 aliphatic carbocycles. The number of carbonyl (C=O) groups excluding carboxylic acids is 1. The number of nitrogens with one attached hydrogen (secondary N) is 1. The molecule has 0 aromatic heterocycles. The van der Waals surface area contributed by atoms with E-state index in [1.54, 1.807) is 4.90 Å². The van der Waals surface area contributed by atoms with Gasteiger partial charge >= 0.3 is 6.09 Å². The predicted molar refractivity (Wildman–Crippen MR) is 84.7 cm³/mol. The van der Waals surface area contributed by atoms with E-state index in [-0.39, 0.29) is 18.6 Å². The third-order valence-corrected chi connectivity index (χ3v) is 4.67. The Morgan fingerprint density at radius 3 is 2.48 bits per heavy atom. The Morgan fingerprint density at radius 1 is 1.22 bits per heavy atom. The fourth-order valence-corrected chi connectivity index (χ4v) is 3.17. The molecule has 1 aromatic carbocycles. The fourth-order valence-electron chi connectivity index (χ4n) is 3.04. The van der Waals surface area contributed by atoms with Crippen LogP contribution in [0.3, 0.4) is 0 Å². The maximum absolute atomic E-state index is 12.4. The molecule has 2 N–H and O–H groups in total. The average Bonchev–Trinajstić information content (AvgIpc) is 2.48. The van der Waals surface area contributed by atoms with E-state index < -0.39 is 12.2 Å². The predicted octanol–water partition coefficient (Wildman–Crippen LogP) is 2.08. The first-order chi connectivity index (χ1) is 11.0. The highest BCUT2D eigenvalue weighted by atomic mass is 35.5. The second kappa shape index (κ2) is 6.76. The summed E-state index contributed by atoms with van der Waals surface area (Å²) in [6.45, 7) is 1.63. The number of hydrogen-bond donors (Lipinski definition) is 2. The molecule has 2 aliphatic rings. The summed E-state index contributed by atoms with van der Waals surface area (Å²) in [5, 5.41) is 11.8. The Morgan fingerprint density at radius 2 is 1.91 bits per heavy atom. The molecule has 0 saturated carbocycles. The monoisotopic (exact) mass is 338 g/mol. The summed E-state index contributed by atoms with van der Waals surface area (Å²) >= 11 is 5.88. The molecule has 124 valence electrons. The van der Waals surface area contributed by atoms with Crippen LogP contribution in [-0.4, -0.2) is 53.8 Å². The van der Waals surface area contributed by atoms with Crippen LogP contribution in [0.4, 0.5) is 4.79 Å². The number of carboxylic acid groups (broad SMARTS) is 1. The highest BCUT2D eigenvalue weighted by Gasteiger charge is 2.37. The van der Waals surface area contributed by atoms with Crippen LogP contribution >= 0.6 is 11.6 Å². The Balaban J connectivity index is 1.46. The number of carbonyl (C=O) groups is 2. The first-order valence-electron chi connectivity index (χ1n) is 7.68. The molecule has 7 heteroatoms. The molecular weight excluding hydrogens is 320 g/mol. The van der Waals surface area contributed by atoms with E-state index in [1.165, 1.54) is 5.56 Å². The van der Waals surface area contributed by atoms with E-state index >= 15 is 0 Å². The number of halogens is 1. The zero-order valence-electron chi connectivity index (χ0n) is 12.6. The topological polar surface area (TPSA) is 78.9 Å². The highest BCUT2D eigenvalue weighted by molar-refractivity contribution is 6.30. The molecule has 2 atom stereocenters. The van der Waals surface area contributed by atoms with Crippen LogP contribution in [-0.2, 0) is 9.53 Å². The molecule has 2 amide bonds. The minimum absolute atomic E-state index is 0.00369. The summed E-state index contributed by atoms with van der Waals surface area (Å²) in [7, 11) is 0. The van der Waals surface area contributed by atoms with Crippen molar-refractivity contribution < 1.29 is 19.4 Å². The molecule has 1 aromatic rings. The van der Waals surface area contributed by atoms with Crippen molar-refractivity contribution in [1.82, 2.24) is 10.2 Å². The average molecular weight is 339 g/mol. The standard InChI is InChI=1S/C16H19ClN2O4/c17-12-3-1-10(2-4-12)11-7-19(8-11)15(20)14-6-5-13(9-23-14)18-16(21)22/h1-4,11,13-14,18H,5-9H2,(H,21,22)/t13-,14+/m1/s1. The number of likely N-dealkylation sites (tertiary alicyclic amines) is 1. The lowest BCUT2D eigenvalue weighted by atomic mass is 9.90. The molecule has 0 unspecified atom stereocenters. The van der Waals surface area contributed by atoms with Gasteiger partial charge in [-0.05, 0) is 30.5 Å². The van der Waals surface area contributed by atoms with Crippen LogP contribution in [0.1, 0.15) is 24.3 Å². The number of nitrogens with zero attached hydrogens (tertiary/aromatic N) is 1. The largest absolute Gasteiger partial charge is 0.465 e. The second-order valence-corrected chi connectivity index (χ2v) is 6.47. The summed E-state index contributed by atoms with van der Waals surface area (Å²) < 4.78 is 5.53. The third-order valence-electron chi connectivity index (χ3n) is 4.41. The molecule has 2 fully saturated rings. The zero-order valence-corrected chi connectivity index (χ0v) is 13.3. The smallest absolute Gasteiger partial charge is 0.404 e. The lowest BCUT2D eigenvalue weighted by molar-refractivity contribution is -0.152. The van der Waals surface area contributed by atoms with Crippen molar-refractivity contribution in [3.8, 4) is 0 Å².